The Hall–Kier alpha value is -2.17. The molecule has 1 aliphatic heterocycles. The number of rotatable bonds is 6. The van der Waals surface area contributed by atoms with Gasteiger partial charge >= 0.3 is 5.97 Å². The fourth-order valence-electron chi connectivity index (χ4n) is 3.72. The Morgan fingerprint density at radius 3 is 2.38 bits per heavy atom. The van der Waals surface area contributed by atoms with Gasteiger partial charge in [0.1, 0.15) is 12.1 Å². The minimum absolute atomic E-state index is 0.0920. The molecule has 0 spiro atoms. The van der Waals surface area contributed by atoms with Crippen LogP contribution in [0, 0.1) is 0 Å². The molecule has 1 saturated heterocycles. The zero-order valence-corrected chi connectivity index (χ0v) is 15.5. The van der Waals surface area contributed by atoms with Gasteiger partial charge in [-0.15, -0.1) is 0 Å². The molecule has 0 bridgehead atoms. The van der Waals surface area contributed by atoms with E-state index >= 15 is 0 Å². The lowest BCUT2D eigenvalue weighted by molar-refractivity contribution is -0.188. The molecule has 0 aromatic heterocycles. The summed E-state index contributed by atoms with van der Waals surface area (Å²) in [5, 5.41) is 10.9. The summed E-state index contributed by atoms with van der Waals surface area (Å²) in [7, 11) is 0. The van der Waals surface area contributed by atoms with Gasteiger partial charge in [0, 0.05) is 6.54 Å². The first-order valence-electron chi connectivity index (χ1n) is 9.28. The van der Waals surface area contributed by atoms with E-state index in [4.69, 9.17) is 4.74 Å². The van der Waals surface area contributed by atoms with E-state index in [1.165, 1.54) is 0 Å². The van der Waals surface area contributed by atoms with Gasteiger partial charge in [-0.3, -0.25) is 4.90 Å². The summed E-state index contributed by atoms with van der Waals surface area (Å²) in [4.78, 5) is 14.9. The Morgan fingerprint density at radius 2 is 1.77 bits per heavy atom. The average Bonchev–Trinajstić information content (AvgIpc) is 2.67. The summed E-state index contributed by atoms with van der Waals surface area (Å²) < 4.78 is 5.56. The highest BCUT2D eigenvalue weighted by atomic mass is 16.5. The molecule has 0 radical (unpaired) electrons. The largest absolute Gasteiger partial charge is 0.462 e. The summed E-state index contributed by atoms with van der Waals surface area (Å²) in [6, 6.07) is 20.0. The van der Waals surface area contributed by atoms with Gasteiger partial charge in [-0.05, 0) is 24.5 Å². The van der Waals surface area contributed by atoms with Crippen molar-refractivity contribution in [2.45, 2.75) is 50.9 Å². The highest BCUT2D eigenvalue weighted by Gasteiger charge is 2.52. The van der Waals surface area contributed by atoms with Crippen molar-refractivity contribution in [3.8, 4) is 0 Å². The van der Waals surface area contributed by atoms with Gasteiger partial charge in [-0.2, -0.15) is 0 Å². The van der Waals surface area contributed by atoms with Crippen molar-refractivity contribution in [2.24, 2.45) is 0 Å². The second-order valence-corrected chi connectivity index (χ2v) is 7.09. The molecular weight excluding hydrogens is 326 g/mol. The molecule has 2 aromatic rings. The fraction of sp³-hybridized carbons (Fsp3) is 0.409. The lowest BCUT2D eigenvalue weighted by atomic mass is 9.85. The van der Waals surface area contributed by atoms with E-state index in [9.17, 15) is 9.90 Å². The number of nitrogens with zero attached hydrogens (tertiary/aromatic N) is 1. The topological polar surface area (TPSA) is 49.8 Å². The van der Waals surface area contributed by atoms with Crippen LogP contribution in [0.25, 0.3) is 0 Å². The van der Waals surface area contributed by atoms with Crippen molar-refractivity contribution >= 4 is 5.97 Å². The van der Waals surface area contributed by atoms with Gasteiger partial charge in [0.15, 0.2) is 0 Å². The summed E-state index contributed by atoms with van der Waals surface area (Å²) in [5.74, 6) is -0.346. The van der Waals surface area contributed by atoms with E-state index in [0.717, 1.165) is 17.5 Å². The van der Waals surface area contributed by atoms with E-state index in [0.29, 0.717) is 19.6 Å². The monoisotopic (exact) mass is 353 g/mol. The summed E-state index contributed by atoms with van der Waals surface area (Å²) in [6.07, 6.45) is 0.577. The predicted octanol–water partition coefficient (Wildman–Crippen LogP) is 3.71. The Balaban J connectivity index is 2.02. The van der Waals surface area contributed by atoms with Gasteiger partial charge in [0.05, 0.1) is 12.1 Å². The number of carbonyl (C=O) groups excluding carboxylic acids is 1. The summed E-state index contributed by atoms with van der Waals surface area (Å²) in [5.41, 5.74) is 1.12. The van der Waals surface area contributed by atoms with Crippen molar-refractivity contribution in [2.75, 3.05) is 6.61 Å². The normalized spacial score (nSPS) is 24.9. The number of morpholine rings is 1. The first-order chi connectivity index (χ1) is 12.6. The third kappa shape index (κ3) is 3.53. The van der Waals surface area contributed by atoms with Crippen molar-refractivity contribution in [1.29, 1.82) is 0 Å². The van der Waals surface area contributed by atoms with Crippen LogP contribution in [0.15, 0.2) is 60.7 Å². The molecule has 1 N–H and O–H groups in total. The van der Waals surface area contributed by atoms with Crippen LogP contribution in [0.2, 0.25) is 0 Å². The van der Waals surface area contributed by atoms with Crippen LogP contribution >= 0.6 is 0 Å². The van der Waals surface area contributed by atoms with E-state index in [-0.39, 0.29) is 12.0 Å². The highest BCUT2D eigenvalue weighted by molar-refractivity contribution is 5.82. The molecular formula is C22H27NO3. The standard InChI is InChI=1S/C22H27NO3/c1-3-10-20(24)22(2)21(25)26-16-19(18-13-8-5-9-14-18)23(22)15-17-11-6-4-7-12-17/h4-9,11-14,19-20,24H,3,10,15-16H2,1-2H3/t19-,20-,22-/m0/s1. The number of aliphatic hydroxyl groups is 1. The van der Waals surface area contributed by atoms with Crippen LogP contribution in [0.1, 0.15) is 43.9 Å². The van der Waals surface area contributed by atoms with E-state index in [1.807, 2.05) is 50.2 Å². The number of benzene rings is 2. The van der Waals surface area contributed by atoms with Crippen LogP contribution in [0.5, 0.6) is 0 Å². The molecule has 138 valence electrons. The lowest BCUT2D eigenvalue weighted by Crippen LogP contribution is -2.64. The minimum Gasteiger partial charge on any atom is -0.462 e. The van der Waals surface area contributed by atoms with Crippen molar-refractivity contribution in [3.63, 3.8) is 0 Å². The number of hydrogen-bond acceptors (Lipinski definition) is 4. The molecule has 1 fully saturated rings. The number of esters is 1. The van der Waals surface area contributed by atoms with E-state index in [1.54, 1.807) is 0 Å². The zero-order valence-electron chi connectivity index (χ0n) is 15.5. The molecule has 0 unspecified atom stereocenters. The quantitative estimate of drug-likeness (QED) is 0.805. The molecule has 3 rings (SSSR count). The lowest BCUT2D eigenvalue weighted by Gasteiger charge is -2.49. The SMILES string of the molecule is CCC[C@H](O)[C@@]1(C)C(=O)OC[C@@H](c2ccccc2)N1Cc1ccccc1. The van der Waals surface area contributed by atoms with Crippen LogP contribution in [-0.4, -0.2) is 34.2 Å². The Bertz CT molecular complexity index is 719. The molecule has 1 heterocycles. The van der Waals surface area contributed by atoms with Gasteiger partial charge < -0.3 is 9.84 Å². The van der Waals surface area contributed by atoms with Crippen LogP contribution < -0.4 is 0 Å². The molecule has 2 aromatic carbocycles. The summed E-state index contributed by atoms with van der Waals surface area (Å²) in [6.45, 7) is 4.70. The van der Waals surface area contributed by atoms with Crippen molar-refractivity contribution < 1.29 is 14.6 Å². The van der Waals surface area contributed by atoms with Gasteiger partial charge in [0.2, 0.25) is 0 Å². The van der Waals surface area contributed by atoms with Crippen LogP contribution in [0.3, 0.4) is 0 Å². The van der Waals surface area contributed by atoms with Gasteiger partial charge in [-0.25, -0.2) is 4.79 Å². The molecule has 1 aliphatic rings. The second kappa shape index (κ2) is 8.02. The zero-order chi connectivity index (χ0) is 18.6. The molecule has 3 atom stereocenters. The first-order valence-corrected chi connectivity index (χ1v) is 9.28. The maximum Gasteiger partial charge on any atom is 0.329 e. The van der Waals surface area contributed by atoms with Crippen molar-refractivity contribution in [3.05, 3.63) is 71.8 Å². The van der Waals surface area contributed by atoms with Crippen LogP contribution in [0.4, 0.5) is 0 Å². The van der Waals surface area contributed by atoms with Crippen LogP contribution in [-0.2, 0) is 16.1 Å². The first kappa shape index (κ1) is 18.6. The molecule has 0 aliphatic carbocycles. The third-order valence-corrected chi connectivity index (χ3v) is 5.35. The van der Waals surface area contributed by atoms with E-state index < -0.39 is 11.6 Å². The molecule has 0 amide bonds. The predicted molar refractivity (Wildman–Crippen MR) is 101 cm³/mol. The Labute approximate surface area is 155 Å². The number of carbonyl (C=O) groups is 1. The number of hydrogen-bond donors (Lipinski definition) is 1. The number of ether oxygens (including phenoxy) is 1. The van der Waals surface area contributed by atoms with Gasteiger partial charge in [0.25, 0.3) is 0 Å². The molecule has 4 nitrogen and oxygen atoms in total. The van der Waals surface area contributed by atoms with Gasteiger partial charge in [-0.1, -0.05) is 74.0 Å². The van der Waals surface area contributed by atoms with E-state index in [2.05, 4.69) is 29.2 Å². The molecule has 4 heteroatoms. The maximum atomic E-state index is 12.8. The third-order valence-electron chi connectivity index (χ3n) is 5.35. The highest BCUT2D eigenvalue weighted by Crippen LogP contribution is 2.38. The second-order valence-electron chi connectivity index (χ2n) is 7.09. The average molecular weight is 353 g/mol. The summed E-state index contributed by atoms with van der Waals surface area (Å²) >= 11 is 0. The van der Waals surface area contributed by atoms with Crippen molar-refractivity contribution in [1.82, 2.24) is 4.90 Å². The molecule has 0 saturated carbocycles. The Morgan fingerprint density at radius 1 is 1.15 bits per heavy atom. The molecule has 26 heavy (non-hydrogen) atoms. The smallest absolute Gasteiger partial charge is 0.329 e. The maximum absolute atomic E-state index is 12.8. The number of cyclic esters (lactones) is 1. The number of aliphatic hydroxyl groups excluding tert-OH is 1. The fourth-order valence-corrected chi connectivity index (χ4v) is 3.72. The Kier molecular flexibility index (Phi) is 5.74. The minimum atomic E-state index is -1.08.